The van der Waals surface area contributed by atoms with Gasteiger partial charge >= 0.3 is 11.9 Å². The summed E-state index contributed by atoms with van der Waals surface area (Å²) < 4.78 is 10.7. The van der Waals surface area contributed by atoms with E-state index in [0.717, 1.165) is 0 Å². The molecule has 2 aromatic rings. The predicted molar refractivity (Wildman–Crippen MR) is 123 cm³/mol. The van der Waals surface area contributed by atoms with Gasteiger partial charge in [0.1, 0.15) is 12.0 Å². The number of hydrogen-bond donors (Lipinski definition) is 0. The van der Waals surface area contributed by atoms with Crippen LogP contribution in [-0.2, 0) is 19.1 Å². The Morgan fingerprint density at radius 1 is 1.09 bits per heavy atom. The number of aliphatic imine (C=N–C) groups is 1. The molecule has 0 N–H and O–H groups in total. The van der Waals surface area contributed by atoms with Gasteiger partial charge in [0.2, 0.25) is 0 Å². The number of nitrogens with zero attached hydrogens (tertiary/aromatic N) is 3. The number of hydrogen-bond acceptors (Lipinski definition) is 8. The highest BCUT2D eigenvalue weighted by atomic mass is 16.6. The summed E-state index contributed by atoms with van der Waals surface area (Å²) in [6, 6.07) is 15.4. The van der Waals surface area contributed by atoms with Crippen LogP contribution in [0.1, 0.15) is 43.9 Å². The largest absolute Gasteiger partial charge is 0.465 e. The molecule has 2 aromatic carbocycles. The highest BCUT2D eigenvalue weighted by molar-refractivity contribution is 6.04. The lowest BCUT2D eigenvalue weighted by atomic mass is 9.59. The van der Waals surface area contributed by atoms with Crippen molar-refractivity contribution in [3.63, 3.8) is 0 Å². The average Bonchev–Trinajstić information content (AvgIpc) is 2.84. The van der Waals surface area contributed by atoms with Crippen molar-refractivity contribution in [1.82, 2.24) is 0 Å². The van der Waals surface area contributed by atoms with Crippen molar-refractivity contribution in [1.29, 1.82) is 5.26 Å². The number of carbonyl (C=O) groups excluding carboxylic acids is 2. The SMILES string of the molecule is CCOC(=O)C1C(C)=NC(c2cccc([N+](=O)[O-])c2)C(C#N)(C(=O)OCC)C1c1ccccc1. The fourth-order valence-electron chi connectivity index (χ4n) is 4.53. The molecule has 4 atom stereocenters. The summed E-state index contributed by atoms with van der Waals surface area (Å²) >= 11 is 0. The normalized spacial score (nSPS) is 23.8. The summed E-state index contributed by atoms with van der Waals surface area (Å²) in [6.07, 6.45) is 0. The Morgan fingerprint density at radius 3 is 2.32 bits per heavy atom. The zero-order valence-corrected chi connectivity index (χ0v) is 19.1. The standard InChI is InChI=1S/C25H25N3O6/c1-4-33-23(29)20-16(3)27-22(18-12-9-13-19(14-18)28(31)32)25(15-26,24(30)34-5-2)21(20)17-10-7-6-8-11-17/h6-14,20-22H,4-5H2,1-3H3. The molecule has 4 unspecified atom stereocenters. The van der Waals surface area contributed by atoms with Gasteiger partial charge in [-0.3, -0.25) is 24.7 Å². The van der Waals surface area contributed by atoms with E-state index in [1.54, 1.807) is 57.2 Å². The van der Waals surface area contributed by atoms with E-state index in [2.05, 4.69) is 11.1 Å². The van der Waals surface area contributed by atoms with Gasteiger partial charge in [0.05, 0.1) is 24.2 Å². The van der Waals surface area contributed by atoms with Gasteiger partial charge in [-0.15, -0.1) is 0 Å². The number of benzene rings is 2. The Bertz CT molecular complexity index is 1160. The quantitative estimate of drug-likeness (QED) is 0.342. The number of rotatable bonds is 7. The molecule has 0 radical (unpaired) electrons. The van der Waals surface area contributed by atoms with E-state index in [1.165, 1.54) is 18.2 Å². The number of non-ortho nitro benzene ring substituents is 1. The lowest BCUT2D eigenvalue weighted by Gasteiger charge is -2.44. The van der Waals surface area contributed by atoms with Crippen LogP contribution in [-0.4, -0.2) is 35.8 Å². The fraction of sp³-hybridized carbons (Fsp3) is 0.360. The molecule has 1 aliphatic rings. The maximum atomic E-state index is 13.6. The molecule has 0 bridgehead atoms. The molecule has 0 aliphatic carbocycles. The number of ether oxygens (including phenoxy) is 2. The first-order valence-electron chi connectivity index (χ1n) is 10.9. The van der Waals surface area contributed by atoms with E-state index >= 15 is 0 Å². The smallest absolute Gasteiger partial charge is 0.329 e. The third kappa shape index (κ3) is 4.27. The van der Waals surface area contributed by atoms with Crippen molar-refractivity contribution >= 4 is 23.3 Å². The highest BCUT2D eigenvalue weighted by Crippen LogP contribution is 2.55. The minimum Gasteiger partial charge on any atom is -0.465 e. The van der Waals surface area contributed by atoms with Gasteiger partial charge in [-0.2, -0.15) is 5.26 Å². The Kier molecular flexibility index (Phi) is 7.41. The maximum Gasteiger partial charge on any atom is 0.329 e. The average molecular weight is 463 g/mol. The Balaban J connectivity index is 2.38. The van der Waals surface area contributed by atoms with Crippen LogP contribution in [0.4, 0.5) is 5.69 Å². The second kappa shape index (κ2) is 10.3. The summed E-state index contributed by atoms with van der Waals surface area (Å²) in [5, 5.41) is 22.0. The van der Waals surface area contributed by atoms with E-state index < -0.39 is 40.2 Å². The Morgan fingerprint density at radius 2 is 1.74 bits per heavy atom. The zero-order valence-electron chi connectivity index (χ0n) is 19.1. The second-order valence-electron chi connectivity index (χ2n) is 7.84. The third-order valence-electron chi connectivity index (χ3n) is 5.93. The molecule has 0 saturated heterocycles. The molecule has 9 nitrogen and oxygen atoms in total. The van der Waals surface area contributed by atoms with Gasteiger partial charge < -0.3 is 9.47 Å². The van der Waals surface area contributed by atoms with Crippen LogP contribution in [0.5, 0.6) is 0 Å². The van der Waals surface area contributed by atoms with E-state index in [9.17, 15) is 25.0 Å². The molecule has 0 fully saturated rings. The van der Waals surface area contributed by atoms with Gasteiger partial charge in [0.15, 0.2) is 5.41 Å². The molecular formula is C25H25N3O6. The first-order valence-corrected chi connectivity index (χ1v) is 10.9. The monoisotopic (exact) mass is 463 g/mol. The van der Waals surface area contributed by atoms with Crippen molar-refractivity contribution in [3.8, 4) is 6.07 Å². The fourth-order valence-corrected chi connectivity index (χ4v) is 4.53. The third-order valence-corrected chi connectivity index (χ3v) is 5.93. The Labute approximate surface area is 197 Å². The van der Waals surface area contributed by atoms with Crippen LogP contribution in [0.2, 0.25) is 0 Å². The van der Waals surface area contributed by atoms with E-state index in [0.29, 0.717) is 16.8 Å². The summed E-state index contributed by atoms with van der Waals surface area (Å²) in [6.45, 7) is 5.02. The Hall–Kier alpha value is -4.06. The molecule has 0 spiro atoms. The van der Waals surface area contributed by atoms with Gasteiger partial charge in [-0.05, 0) is 31.9 Å². The van der Waals surface area contributed by atoms with Crippen molar-refractivity contribution in [3.05, 3.63) is 75.8 Å². The lowest BCUT2D eigenvalue weighted by molar-refractivity contribution is -0.384. The zero-order chi connectivity index (χ0) is 24.9. The van der Waals surface area contributed by atoms with E-state index in [4.69, 9.17) is 9.47 Å². The molecular weight excluding hydrogens is 438 g/mol. The van der Waals surface area contributed by atoms with E-state index in [1.807, 2.05) is 0 Å². The molecule has 3 rings (SSSR count). The minimum absolute atomic E-state index is 0.00179. The van der Waals surface area contributed by atoms with Crippen LogP contribution in [0.15, 0.2) is 59.6 Å². The minimum atomic E-state index is -1.98. The molecule has 0 amide bonds. The van der Waals surface area contributed by atoms with Crippen LogP contribution >= 0.6 is 0 Å². The molecule has 0 saturated carbocycles. The van der Waals surface area contributed by atoms with Crippen molar-refractivity contribution in [2.45, 2.75) is 32.7 Å². The lowest BCUT2D eigenvalue weighted by Crippen LogP contribution is -2.51. The number of nitro groups is 1. The molecule has 34 heavy (non-hydrogen) atoms. The molecule has 176 valence electrons. The van der Waals surface area contributed by atoms with Gasteiger partial charge in [-0.25, -0.2) is 0 Å². The van der Waals surface area contributed by atoms with Crippen LogP contribution < -0.4 is 0 Å². The summed E-state index contributed by atoms with van der Waals surface area (Å²) in [4.78, 5) is 42.2. The number of carbonyl (C=O) groups is 2. The van der Waals surface area contributed by atoms with Gasteiger partial charge in [0, 0.05) is 23.8 Å². The van der Waals surface area contributed by atoms with Crippen molar-refractivity contribution < 1.29 is 24.0 Å². The summed E-state index contributed by atoms with van der Waals surface area (Å²) in [7, 11) is 0. The maximum absolute atomic E-state index is 13.6. The summed E-state index contributed by atoms with van der Waals surface area (Å²) in [5.41, 5.74) is -0.973. The number of nitriles is 1. The first-order chi connectivity index (χ1) is 16.3. The molecule has 1 aliphatic heterocycles. The first kappa shape index (κ1) is 24.6. The molecule has 0 aromatic heterocycles. The number of esters is 2. The van der Waals surface area contributed by atoms with Crippen molar-refractivity contribution in [2.75, 3.05) is 13.2 Å². The van der Waals surface area contributed by atoms with Crippen molar-refractivity contribution in [2.24, 2.45) is 16.3 Å². The van der Waals surface area contributed by atoms with Crippen LogP contribution in [0.3, 0.4) is 0 Å². The topological polar surface area (TPSA) is 132 Å². The predicted octanol–water partition coefficient (Wildman–Crippen LogP) is 4.15. The number of nitro benzene ring substituents is 1. The molecule has 9 heteroatoms. The second-order valence-corrected chi connectivity index (χ2v) is 7.84. The van der Waals surface area contributed by atoms with Crippen LogP contribution in [0, 0.1) is 32.8 Å². The summed E-state index contributed by atoms with van der Waals surface area (Å²) in [5.74, 6) is -3.49. The van der Waals surface area contributed by atoms with Gasteiger partial charge in [0.25, 0.3) is 5.69 Å². The van der Waals surface area contributed by atoms with E-state index in [-0.39, 0.29) is 18.9 Å². The highest BCUT2D eigenvalue weighted by Gasteiger charge is 2.62. The van der Waals surface area contributed by atoms with Gasteiger partial charge in [-0.1, -0.05) is 42.5 Å². The molecule has 1 heterocycles. The van der Waals surface area contributed by atoms with Crippen LogP contribution in [0.25, 0.3) is 0 Å².